The largest absolute Gasteiger partial charge is 0.468 e. The van der Waals surface area contributed by atoms with E-state index in [-0.39, 0.29) is 12.6 Å². The molecule has 0 aliphatic carbocycles. The van der Waals surface area contributed by atoms with Crippen molar-refractivity contribution in [2.75, 3.05) is 39.4 Å². The van der Waals surface area contributed by atoms with Crippen molar-refractivity contribution in [1.29, 1.82) is 0 Å². The summed E-state index contributed by atoms with van der Waals surface area (Å²) in [5.74, 6) is -0.541. The fraction of sp³-hybridized carbons (Fsp3) is 0.400. The van der Waals surface area contributed by atoms with Gasteiger partial charge < -0.3 is 19.8 Å². The Bertz CT molecular complexity index is 758. The fourth-order valence-corrected chi connectivity index (χ4v) is 3.23. The summed E-state index contributed by atoms with van der Waals surface area (Å²) < 4.78 is 10.9. The number of furan rings is 1. The molecule has 0 spiro atoms. The van der Waals surface area contributed by atoms with Crippen molar-refractivity contribution in [2.24, 2.45) is 0 Å². The number of hydrogen-bond acceptors (Lipinski definition) is 5. The third-order valence-corrected chi connectivity index (χ3v) is 4.88. The van der Waals surface area contributed by atoms with Crippen molar-refractivity contribution in [2.45, 2.75) is 12.5 Å². The van der Waals surface area contributed by atoms with Crippen LogP contribution in [-0.4, -0.2) is 56.1 Å². The molecule has 3 rings (SSSR count). The van der Waals surface area contributed by atoms with Crippen LogP contribution in [0.4, 0.5) is 0 Å². The van der Waals surface area contributed by atoms with E-state index in [4.69, 9.17) is 20.8 Å². The summed E-state index contributed by atoms with van der Waals surface area (Å²) in [7, 11) is 0. The number of halogens is 1. The molecule has 1 saturated heterocycles. The van der Waals surface area contributed by atoms with Crippen LogP contribution in [0.25, 0.3) is 0 Å². The maximum Gasteiger partial charge on any atom is 0.309 e. The van der Waals surface area contributed by atoms with Crippen molar-refractivity contribution in [3.63, 3.8) is 0 Å². The lowest BCUT2D eigenvalue weighted by molar-refractivity contribution is -0.139. The van der Waals surface area contributed by atoms with E-state index in [1.54, 1.807) is 18.4 Å². The van der Waals surface area contributed by atoms with Crippen LogP contribution in [0.2, 0.25) is 5.02 Å². The van der Waals surface area contributed by atoms with E-state index >= 15 is 0 Å². The van der Waals surface area contributed by atoms with Crippen molar-refractivity contribution in [3.8, 4) is 0 Å². The Hall–Kier alpha value is -2.35. The van der Waals surface area contributed by atoms with Crippen LogP contribution < -0.4 is 10.6 Å². The summed E-state index contributed by atoms with van der Waals surface area (Å²) >= 11 is 5.85. The van der Waals surface area contributed by atoms with E-state index in [1.807, 2.05) is 24.3 Å². The first-order chi connectivity index (χ1) is 13.6. The summed E-state index contributed by atoms with van der Waals surface area (Å²) in [6, 6.07) is 10.9. The van der Waals surface area contributed by atoms with E-state index < -0.39 is 11.8 Å². The number of nitrogens with one attached hydrogen (secondary N) is 2. The number of hydrogen-bond donors (Lipinski definition) is 2. The second-order valence-electron chi connectivity index (χ2n) is 6.52. The van der Waals surface area contributed by atoms with Gasteiger partial charge in [-0.1, -0.05) is 23.7 Å². The standard InChI is InChI=1S/C20H24ClN3O4/c21-16-5-3-15(4-6-16)7-8-22-19(25)20(26)23-14-17(18-2-1-11-28-18)24-9-12-27-13-10-24/h1-6,11,17H,7-10,12-14H2,(H,22,25)(H,23,26)/t17-/m1/s1. The summed E-state index contributed by atoms with van der Waals surface area (Å²) in [5, 5.41) is 6.02. The van der Waals surface area contributed by atoms with Crippen LogP contribution in [-0.2, 0) is 20.7 Å². The second kappa shape index (κ2) is 10.3. The molecule has 1 aliphatic rings. The summed E-state index contributed by atoms with van der Waals surface area (Å²) in [6.07, 6.45) is 2.23. The molecule has 1 aromatic carbocycles. The molecule has 150 valence electrons. The average Bonchev–Trinajstić information content (AvgIpc) is 3.25. The number of rotatable bonds is 7. The Morgan fingerprint density at radius 3 is 2.46 bits per heavy atom. The van der Waals surface area contributed by atoms with E-state index in [1.165, 1.54) is 0 Å². The highest BCUT2D eigenvalue weighted by Gasteiger charge is 2.26. The number of carbonyl (C=O) groups excluding carboxylic acids is 2. The van der Waals surface area contributed by atoms with Gasteiger partial charge in [-0.05, 0) is 36.2 Å². The molecule has 0 saturated carbocycles. The molecule has 0 radical (unpaired) electrons. The van der Waals surface area contributed by atoms with Crippen LogP contribution in [0.1, 0.15) is 17.4 Å². The van der Waals surface area contributed by atoms with Gasteiger partial charge in [0.1, 0.15) is 5.76 Å². The van der Waals surface area contributed by atoms with Crippen molar-refractivity contribution in [1.82, 2.24) is 15.5 Å². The Morgan fingerprint density at radius 1 is 1.07 bits per heavy atom. The monoisotopic (exact) mass is 405 g/mol. The quantitative estimate of drug-likeness (QED) is 0.686. The molecule has 1 atom stereocenters. The molecule has 0 unspecified atom stereocenters. The van der Waals surface area contributed by atoms with Crippen LogP contribution >= 0.6 is 11.6 Å². The van der Waals surface area contributed by atoms with E-state index in [9.17, 15) is 9.59 Å². The number of ether oxygens (including phenoxy) is 1. The Labute approximate surface area is 169 Å². The molecule has 1 fully saturated rings. The minimum atomic E-state index is -0.652. The lowest BCUT2D eigenvalue weighted by Crippen LogP contribution is -2.46. The normalized spacial score (nSPS) is 15.8. The number of amides is 2. The summed E-state index contributed by atoms with van der Waals surface area (Å²) in [4.78, 5) is 26.4. The third kappa shape index (κ3) is 5.82. The predicted molar refractivity (Wildman–Crippen MR) is 105 cm³/mol. The van der Waals surface area contributed by atoms with Crippen molar-refractivity contribution in [3.05, 3.63) is 59.0 Å². The molecular formula is C20H24ClN3O4. The lowest BCUT2D eigenvalue weighted by Gasteiger charge is -2.33. The molecule has 2 heterocycles. The Balaban J connectivity index is 1.46. The molecule has 0 bridgehead atoms. The van der Waals surface area contributed by atoms with Crippen LogP contribution in [0.5, 0.6) is 0 Å². The Kier molecular flexibility index (Phi) is 7.47. The van der Waals surface area contributed by atoms with Crippen LogP contribution in [0, 0.1) is 0 Å². The maximum absolute atomic E-state index is 12.2. The lowest BCUT2D eigenvalue weighted by atomic mass is 10.1. The first-order valence-corrected chi connectivity index (χ1v) is 9.67. The van der Waals surface area contributed by atoms with E-state index in [0.29, 0.717) is 31.2 Å². The first kappa shape index (κ1) is 20.4. The van der Waals surface area contributed by atoms with Gasteiger partial charge >= 0.3 is 11.8 Å². The third-order valence-electron chi connectivity index (χ3n) is 4.63. The zero-order chi connectivity index (χ0) is 19.8. The minimum absolute atomic E-state index is 0.135. The van der Waals surface area contributed by atoms with Gasteiger partial charge in [0.05, 0.1) is 25.5 Å². The van der Waals surface area contributed by atoms with Gasteiger partial charge in [0.25, 0.3) is 0 Å². The minimum Gasteiger partial charge on any atom is -0.468 e. The van der Waals surface area contributed by atoms with Gasteiger partial charge in [-0.25, -0.2) is 0 Å². The van der Waals surface area contributed by atoms with Gasteiger partial charge in [0.2, 0.25) is 0 Å². The summed E-state index contributed by atoms with van der Waals surface area (Å²) in [5.41, 5.74) is 1.04. The number of nitrogens with zero attached hydrogens (tertiary/aromatic N) is 1. The van der Waals surface area contributed by atoms with Gasteiger partial charge in [-0.3, -0.25) is 14.5 Å². The number of benzene rings is 1. The topological polar surface area (TPSA) is 83.8 Å². The van der Waals surface area contributed by atoms with E-state index in [2.05, 4.69) is 15.5 Å². The average molecular weight is 406 g/mol. The molecule has 1 aromatic heterocycles. The zero-order valence-electron chi connectivity index (χ0n) is 15.5. The molecule has 2 aromatic rings. The highest BCUT2D eigenvalue weighted by atomic mass is 35.5. The van der Waals surface area contributed by atoms with Crippen LogP contribution in [0.3, 0.4) is 0 Å². The number of carbonyl (C=O) groups is 2. The smallest absolute Gasteiger partial charge is 0.309 e. The van der Waals surface area contributed by atoms with Gasteiger partial charge in [-0.2, -0.15) is 0 Å². The Morgan fingerprint density at radius 2 is 1.79 bits per heavy atom. The zero-order valence-corrected chi connectivity index (χ0v) is 16.3. The predicted octanol–water partition coefficient (Wildman–Crippen LogP) is 1.78. The SMILES string of the molecule is O=C(NCCc1ccc(Cl)cc1)C(=O)NC[C@H](c1ccco1)N1CCOCC1. The molecule has 2 N–H and O–H groups in total. The second-order valence-corrected chi connectivity index (χ2v) is 6.96. The van der Waals surface area contributed by atoms with Gasteiger partial charge in [0.15, 0.2) is 0 Å². The highest BCUT2D eigenvalue weighted by molar-refractivity contribution is 6.35. The molecule has 2 amide bonds. The van der Waals surface area contributed by atoms with Crippen LogP contribution in [0.15, 0.2) is 47.1 Å². The molecule has 1 aliphatic heterocycles. The molecule has 28 heavy (non-hydrogen) atoms. The van der Waals surface area contributed by atoms with Crippen molar-refractivity contribution >= 4 is 23.4 Å². The van der Waals surface area contributed by atoms with E-state index in [0.717, 1.165) is 24.4 Å². The highest BCUT2D eigenvalue weighted by Crippen LogP contribution is 2.21. The fourth-order valence-electron chi connectivity index (χ4n) is 3.10. The maximum atomic E-state index is 12.2. The molecular weight excluding hydrogens is 382 g/mol. The molecule has 7 nitrogen and oxygen atoms in total. The molecule has 8 heteroatoms. The van der Waals surface area contributed by atoms with Crippen molar-refractivity contribution < 1.29 is 18.7 Å². The van der Waals surface area contributed by atoms with Gasteiger partial charge in [0, 0.05) is 31.2 Å². The van der Waals surface area contributed by atoms with Gasteiger partial charge in [-0.15, -0.1) is 0 Å². The summed E-state index contributed by atoms with van der Waals surface area (Å²) in [6.45, 7) is 3.42. The number of morpholine rings is 1. The first-order valence-electron chi connectivity index (χ1n) is 9.29.